The number of benzene rings is 1. The van der Waals surface area contributed by atoms with Crippen molar-refractivity contribution in [3.05, 3.63) is 30.3 Å². The van der Waals surface area contributed by atoms with Crippen molar-refractivity contribution in [2.24, 2.45) is 0 Å². The molecule has 2 unspecified atom stereocenters. The highest BCUT2D eigenvalue weighted by molar-refractivity contribution is 8.01. The van der Waals surface area contributed by atoms with Gasteiger partial charge in [0.05, 0.1) is 6.04 Å². The molecule has 5 nitrogen and oxygen atoms in total. The molecule has 0 radical (unpaired) electrons. The van der Waals surface area contributed by atoms with Crippen molar-refractivity contribution in [2.45, 2.75) is 46.3 Å². The lowest BCUT2D eigenvalue weighted by molar-refractivity contribution is -0.151. The highest BCUT2D eigenvalue weighted by atomic mass is 35.6. The van der Waals surface area contributed by atoms with Crippen molar-refractivity contribution in [3.63, 3.8) is 0 Å². The molecule has 0 saturated carbocycles. The van der Waals surface area contributed by atoms with E-state index in [2.05, 4.69) is 5.32 Å². The summed E-state index contributed by atoms with van der Waals surface area (Å²) in [7, 11) is 0. The van der Waals surface area contributed by atoms with Crippen LogP contribution in [0.5, 0.6) is 5.75 Å². The number of rotatable bonds is 5. The minimum Gasteiger partial charge on any atom is -0.484 e. The Morgan fingerprint density at radius 2 is 1.96 bits per heavy atom. The van der Waals surface area contributed by atoms with Gasteiger partial charge in [-0.2, -0.15) is 0 Å². The molecule has 1 N–H and O–H groups in total. The lowest BCUT2D eigenvalue weighted by Gasteiger charge is -2.45. The van der Waals surface area contributed by atoms with Crippen molar-refractivity contribution in [1.29, 1.82) is 0 Å². The van der Waals surface area contributed by atoms with Crippen LogP contribution in [0.4, 0.5) is 0 Å². The maximum Gasteiger partial charge on any atom is 0.258 e. The topological polar surface area (TPSA) is 58.6 Å². The number of halogens is 3. The van der Waals surface area contributed by atoms with Crippen LogP contribution < -0.4 is 10.1 Å². The van der Waals surface area contributed by atoms with Gasteiger partial charge in [0.25, 0.3) is 5.91 Å². The number of fused-ring (bicyclic) bond motifs is 1. The number of nitrogens with one attached hydrogen (secondary N) is 1. The molecule has 1 aromatic rings. The van der Waals surface area contributed by atoms with E-state index in [1.807, 2.05) is 32.0 Å². The van der Waals surface area contributed by atoms with Crippen LogP contribution in [-0.4, -0.2) is 49.3 Å². The Balaban J connectivity index is 1.58. The minimum absolute atomic E-state index is 0.147. The summed E-state index contributed by atoms with van der Waals surface area (Å²) in [4.78, 5) is 26.4. The number of carbonyl (C=O) groups is 2. The molecule has 1 aromatic carbocycles. The number of nitrogens with zero attached hydrogens (tertiary/aromatic N) is 1. The van der Waals surface area contributed by atoms with Crippen molar-refractivity contribution in [1.82, 2.24) is 10.2 Å². The van der Waals surface area contributed by atoms with Crippen LogP contribution in [0.15, 0.2) is 30.3 Å². The van der Waals surface area contributed by atoms with Gasteiger partial charge in [-0.3, -0.25) is 9.59 Å². The zero-order chi connectivity index (χ0) is 19.1. The van der Waals surface area contributed by atoms with E-state index in [1.54, 1.807) is 28.8 Å². The number of hydrogen-bond acceptors (Lipinski definition) is 4. The summed E-state index contributed by atoms with van der Waals surface area (Å²) >= 11 is 19.4. The maximum absolute atomic E-state index is 12.6. The quantitative estimate of drug-likeness (QED) is 0.567. The Bertz CT molecular complexity index is 696. The lowest BCUT2D eigenvalue weighted by Crippen LogP contribution is -2.70. The van der Waals surface area contributed by atoms with Crippen LogP contribution in [-0.2, 0) is 9.59 Å². The summed E-state index contributed by atoms with van der Waals surface area (Å²) < 4.78 is 3.71. The van der Waals surface area contributed by atoms with Gasteiger partial charge in [-0.05, 0) is 26.0 Å². The first-order valence-electron chi connectivity index (χ1n) is 8.12. The molecule has 142 valence electrons. The average molecular weight is 438 g/mol. The molecule has 9 heteroatoms. The standard InChI is InChI=1S/C17H19Cl3N2O3S/c1-16(2)11(8-17(18,19)20)22-14(24)13(15(22)26-16)21-12(23)9-25-10-6-4-3-5-7-10/h3-7,11,13,15H,8-9H2,1-2H3,(H,21,23)/t11?,13?,15-/m1/s1. The first-order chi connectivity index (χ1) is 12.1. The van der Waals surface area contributed by atoms with Gasteiger partial charge in [0.2, 0.25) is 5.91 Å². The highest BCUT2D eigenvalue weighted by Crippen LogP contribution is 2.54. The molecule has 3 rings (SSSR count). The molecule has 2 amide bonds. The van der Waals surface area contributed by atoms with Gasteiger partial charge < -0.3 is 15.0 Å². The average Bonchev–Trinajstić information content (AvgIpc) is 2.78. The van der Waals surface area contributed by atoms with Crippen molar-refractivity contribution in [3.8, 4) is 5.75 Å². The van der Waals surface area contributed by atoms with Gasteiger partial charge in [-0.25, -0.2) is 0 Å². The second-order valence-corrected chi connectivity index (χ2v) is 11.1. The van der Waals surface area contributed by atoms with E-state index in [0.717, 1.165) is 0 Å². The van der Waals surface area contributed by atoms with E-state index in [-0.39, 0.29) is 41.0 Å². The highest BCUT2D eigenvalue weighted by Gasteiger charge is 2.62. The number of amides is 2. The van der Waals surface area contributed by atoms with Crippen molar-refractivity contribution < 1.29 is 14.3 Å². The zero-order valence-electron chi connectivity index (χ0n) is 14.2. The van der Waals surface area contributed by atoms with Crippen LogP contribution in [0.2, 0.25) is 0 Å². The smallest absolute Gasteiger partial charge is 0.258 e. The van der Waals surface area contributed by atoms with Crippen LogP contribution >= 0.6 is 46.6 Å². The number of thioether (sulfide) groups is 1. The third kappa shape index (κ3) is 4.19. The molecule has 2 aliphatic heterocycles. The fraction of sp³-hybridized carbons (Fsp3) is 0.529. The predicted molar refractivity (Wildman–Crippen MR) is 105 cm³/mol. The lowest BCUT2D eigenvalue weighted by atomic mass is 9.94. The summed E-state index contributed by atoms with van der Waals surface area (Å²) in [5.41, 5.74) is 0. The van der Waals surface area contributed by atoms with Crippen LogP contribution in [0, 0.1) is 0 Å². The predicted octanol–water partition coefficient (Wildman–Crippen LogP) is 3.37. The number of hydrogen-bond donors (Lipinski definition) is 1. The molecule has 0 spiro atoms. The van der Waals surface area contributed by atoms with Crippen LogP contribution in [0.3, 0.4) is 0 Å². The third-order valence-electron chi connectivity index (χ3n) is 4.50. The van der Waals surface area contributed by atoms with E-state index < -0.39 is 9.83 Å². The maximum atomic E-state index is 12.6. The summed E-state index contributed by atoms with van der Waals surface area (Å²) in [6, 6.07) is 8.25. The summed E-state index contributed by atoms with van der Waals surface area (Å²) in [6.45, 7) is 3.88. The first-order valence-corrected chi connectivity index (χ1v) is 10.1. The molecule has 3 atom stereocenters. The monoisotopic (exact) mass is 436 g/mol. The second-order valence-electron chi connectivity index (χ2n) is 6.84. The second kappa shape index (κ2) is 7.30. The summed E-state index contributed by atoms with van der Waals surface area (Å²) in [6.07, 6.45) is 0.248. The van der Waals surface area contributed by atoms with Gasteiger partial charge >= 0.3 is 0 Å². The summed E-state index contributed by atoms with van der Waals surface area (Å²) in [5, 5.41) is 2.60. The van der Waals surface area contributed by atoms with Gasteiger partial charge in [0, 0.05) is 11.2 Å². The Labute approximate surface area is 171 Å². The molecule has 26 heavy (non-hydrogen) atoms. The SMILES string of the molecule is CC1(C)S[C@@H]2C(NC(=O)COc3ccccc3)C(=O)N2C1CC(Cl)(Cl)Cl. The third-order valence-corrected chi connectivity index (χ3v) is 6.58. The molecule has 2 heterocycles. The van der Waals surface area contributed by atoms with Crippen molar-refractivity contribution in [2.75, 3.05) is 6.61 Å². The van der Waals surface area contributed by atoms with E-state index >= 15 is 0 Å². The van der Waals surface area contributed by atoms with E-state index in [4.69, 9.17) is 39.5 Å². The molecule has 2 aliphatic rings. The Hall–Kier alpha value is -0.820. The molecule has 0 aliphatic carbocycles. The normalized spacial score (nSPS) is 26.9. The number of β-lactam (4-membered cyclic amide) rings is 1. The Morgan fingerprint density at radius 3 is 2.58 bits per heavy atom. The fourth-order valence-electron chi connectivity index (χ4n) is 3.24. The Kier molecular flexibility index (Phi) is 5.60. The molecule has 2 fully saturated rings. The fourth-order valence-corrected chi connectivity index (χ4v) is 5.34. The Morgan fingerprint density at radius 1 is 1.31 bits per heavy atom. The largest absolute Gasteiger partial charge is 0.484 e. The summed E-state index contributed by atoms with van der Waals surface area (Å²) in [5.74, 6) is 0.110. The van der Waals surface area contributed by atoms with Crippen LogP contribution in [0.25, 0.3) is 0 Å². The van der Waals surface area contributed by atoms with Crippen LogP contribution in [0.1, 0.15) is 20.3 Å². The van der Waals surface area contributed by atoms with Gasteiger partial charge in [-0.1, -0.05) is 53.0 Å². The zero-order valence-corrected chi connectivity index (χ0v) is 17.3. The van der Waals surface area contributed by atoms with Gasteiger partial charge in [0.15, 0.2) is 10.4 Å². The molecule has 2 saturated heterocycles. The molecule has 0 aromatic heterocycles. The molecular formula is C17H19Cl3N2O3S. The molecular weight excluding hydrogens is 419 g/mol. The van der Waals surface area contributed by atoms with Crippen molar-refractivity contribution >= 4 is 58.4 Å². The van der Waals surface area contributed by atoms with Gasteiger partial charge in [-0.15, -0.1) is 11.8 Å². The number of alkyl halides is 3. The minimum atomic E-state index is -1.43. The van der Waals surface area contributed by atoms with E-state index in [0.29, 0.717) is 5.75 Å². The first kappa shape index (κ1) is 19.9. The molecule has 0 bridgehead atoms. The van der Waals surface area contributed by atoms with E-state index in [1.165, 1.54) is 0 Å². The number of ether oxygens (including phenoxy) is 1. The number of para-hydroxylation sites is 1. The van der Waals surface area contributed by atoms with E-state index in [9.17, 15) is 9.59 Å². The van der Waals surface area contributed by atoms with Gasteiger partial charge in [0.1, 0.15) is 17.2 Å². The number of carbonyl (C=O) groups excluding carboxylic acids is 2.